The SMILES string of the molecule is COc1ccc(-n2nc3cc(C)c(NC(=O)COc4c(C)cc(Br)cc4Br)cc3n2)cc1. The van der Waals surface area contributed by atoms with Crippen molar-refractivity contribution in [3.8, 4) is 17.2 Å². The summed E-state index contributed by atoms with van der Waals surface area (Å²) in [5.74, 6) is 1.14. The van der Waals surface area contributed by atoms with Crippen LogP contribution in [0.2, 0.25) is 0 Å². The van der Waals surface area contributed by atoms with E-state index in [1.165, 1.54) is 0 Å². The van der Waals surface area contributed by atoms with Crippen molar-refractivity contribution < 1.29 is 14.3 Å². The van der Waals surface area contributed by atoms with Gasteiger partial charge < -0.3 is 14.8 Å². The summed E-state index contributed by atoms with van der Waals surface area (Å²) in [6, 6.07) is 15.0. The van der Waals surface area contributed by atoms with Gasteiger partial charge in [0.05, 0.1) is 17.3 Å². The zero-order valence-electron chi connectivity index (χ0n) is 17.6. The molecule has 0 aliphatic heterocycles. The molecule has 32 heavy (non-hydrogen) atoms. The van der Waals surface area contributed by atoms with Crippen LogP contribution in [-0.2, 0) is 4.79 Å². The molecule has 0 spiro atoms. The maximum absolute atomic E-state index is 12.5. The highest BCUT2D eigenvalue weighted by Gasteiger charge is 2.13. The van der Waals surface area contributed by atoms with Crippen LogP contribution in [0.1, 0.15) is 11.1 Å². The molecule has 4 aromatic rings. The molecule has 0 aliphatic carbocycles. The number of ether oxygens (including phenoxy) is 2. The third-order valence-corrected chi connectivity index (χ3v) is 5.89. The van der Waals surface area contributed by atoms with Crippen molar-refractivity contribution in [2.75, 3.05) is 19.0 Å². The summed E-state index contributed by atoms with van der Waals surface area (Å²) < 4.78 is 12.7. The van der Waals surface area contributed by atoms with Gasteiger partial charge in [0.15, 0.2) is 6.61 Å². The fraction of sp³-hybridized carbons (Fsp3) is 0.174. The van der Waals surface area contributed by atoms with E-state index in [9.17, 15) is 4.79 Å². The van der Waals surface area contributed by atoms with Crippen LogP contribution in [0.4, 0.5) is 5.69 Å². The highest BCUT2D eigenvalue weighted by atomic mass is 79.9. The molecule has 4 rings (SSSR count). The summed E-state index contributed by atoms with van der Waals surface area (Å²) in [5.41, 5.74) is 4.70. The van der Waals surface area contributed by atoms with Gasteiger partial charge >= 0.3 is 0 Å². The number of fused-ring (bicyclic) bond motifs is 1. The number of amides is 1. The molecule has 0 saturated carbocycles. The van der Waals surface area contributed by atoms with Gasteiger partial charge in [-0.1, -0.05) is 15.9 Å². The van der Waals surface area contributed by atoms with E-state index in [-0.39, 0.29) is 12.5 Å². The second-order valence-corrected chi connectivity index (χ2v) is 8.98. The summed E-state index contributed by atoms with van der Waals surface area (Å²) in [7, 11) is 1.62. The third kappa shape index (κ3) is 4.78. The molecule has 0 unspecified atom stereocenters. The number of aromatic nitrogens is 3. The zero-order valence-corrected chi connectivity index (χ0v) is 20.8. The predicted molar refractivity (Wildman–Crippen MR) is 131 cm³/mol. The van der Waals surface area contributed by atoms with E-state index in [1.807, 2.05) is 62.4 Å². The van der Waals surface area contributed by atoms with Crippen molar-refractivity contribution in [3.63, 3.8) is 0 Å². The number of carbonyl (C=O) groups is 1. The van der Waals surface area contributed by atoms with E-state index in [0.29, 0.717) is 17.0 Å². The highest BCUT2D eigenvalue weighted by molar-refractivity contribution is 9.11. The average molecular weight is 560 g/mol. The molecule has 3 aromatic carbocycles. The Hall–Kier alpha value is -2.91. The van der Waals surface area contributed by atoms with Crippen LogP contribution in [-0.4, -0.2) is 34.6 Å². The molecule has 0 bridgehead atoms. The topological polar surface area (TPSA) is 78.3 Å². The van der Waals surface area contributed by atoms with Crippen LogP contribution in [0, 0.1) is 13.8 Å². The molecule has 0 aliphatic rings. The molecule has 9 heteroatoms. The number of hydrogen-bond donors (Lipinski definition) is 1. The van der Waals surface area contributed by atoms with Crippen molar-refractivity contribution in [1.29, 1.82) is 0 Å². The molecule has 0 saturated heterocycles. The van der Waals surface area contributed by atoms with Gasteiger partial charge in [0.2, 0.25) is 0 Å². The maximum atomic E-state index is 12.5. The lowest BCUT2D eigenvalue weighted by molar-refractivity contribution is -0.118. The first-order valence-corrected chi connectivity index (χ1v) is 11.3. The summed E-state index contributed by atoms with van der Waals surface area (Å²) in [6.07, 6.45) is 0. The average Bonchev–Trinajstić information content (AvgIpc) is 3.16. The first-order valence-electron chi connectivity index (χ1n) is 9.74. The van der Waals surface area contributed by atoms with Crippen LogP contribution >= 0.6 is 31.9 Å². The van der Waals surface area contributed by atoms with Crippen LogP contribution in [0.5, 0.6) is 11.5 Å². The van der Waals surface area contributed by atoms with Crippen molar-refractivity contribution in [2.45, 2.75) is 13.8 Å². The van der Waals surface area contributed by atoms with Crippen LogP contribution in [0.15, 0.2) is 57.5 Å². The van der Waals surface area contributed by atoms with E-state index in [2.05, 4.69) is 47.4 Å². The number of carbonyl (C=O) groups excluding carboxylic acids is 1. The predicted octanol–water partition coefficient (Wildman–Crippen LogP) is 5.59. The molecular weight excluding hydrogens is 540 g/mol. The Balaban J connectivity index is 1.50. The zero-order chi connectivity index (χ0) is 22.8. The summed E-state index contributed by atoms with van der Waals surface area (Å²) in [4.78, 5) is 14.1. The smallest absolute Gasteiger partial charge is 0.262 e. The van der Waals surface area contributed by atoms with Gasteiger partial charge in [-0.15, -0.1) is 10.2 Å². The normalized spacial score (nSPS) is 10.9. The molecule has 0 radical (unpaired) electrons. The van der Waals surface area contributed by atoms with Gasteiger partial charge in [-0.3, -0.25) is 4.79 Å². The first kappa shape index (κ1) is 22.3. The van der Waals surface area contributed by atoms with Crippen LogP contribution < -0.4 is 14.8 Å². The van der Waals surface area contributed by atoms with Crippen molar-refractivity contribution in [1.82, 2.24) is 15.0 Å². The Morgan fingerprint density at radius 2 is 1.69 bits per heavy atom. The van der Waals surface area contributed by atoms with Gasteiger partial charge in [0.25, 0.3) is 5.91 Å². The molecule has 1 N–H and O–H groups in total. The molecule has 0 fully saturated rings. The number of halogens is 2. The Morgan fingerprint density at radius 1 is 1.00 bits per heavy atom. The molecule has 7 nitrogen and oxygen atoms in total. The molecule has 1 aromatic heterocycles. The molecule has 1 amide bonds. The van der Waals surface area contributed by atoms with E-state index >= 15 is 0 Å². The maximum Gasteiger partial charge on any atom is 0.262 e. The van der Waals surface area contributed by atoms with E-state index in [0.717, 1.165) is 37.0 Å². The minimum atomic E-state index is -0.260. The fourth-order valence-corrected chi connectivity index (χ4v) is 4.78. The number of benzene rings is 3. The fourth-order valence-electron chi connectivity index (χ4n) is 3.23. The molecule has 164 valence electrons. The van der Waals surface area contributed by atoms with Gasteiger partial charge in [0, 0.05) is 10.2 Å². The minimum absolute atomic E-state index is 0.114. The van der Waals surface area contributed by atoms with Crippen molar-refractivity contribution >= 4 is 54.5 Å². The number of methoxy groups -OCH3 is 1. The molecule has 1 heterocycles. The van der Waals surface area contributed by atoms with E-state index in [1.54, 1.807) is 11.9 Å². The Bertz CT molecular complexity index is 1280. The minimum Gasteiger partial charge on any atom is -0.497 e. The van der Waals surface area contributed by atoms with Crippen molar-refractivity contribution in [2.24, 2.45) is 0 Å². The summed E-state index contributed by atoms with van der Waals surface area (Å²) in [5, 5.41) is 12.0. The van der Waals surface area contributed by atoms with Gasteiger partial charge in [-0.05, 0) is 89.4 Å². The number of anilines is 1. The standard InChI is InChI=1S/C23H20Br2N4O3/c1-13-9-20-21(28-29(27-20)16-4-6-17(31-3)7-5-16)11-19(13)26-22(30)12-32-23-14(2)8-15(24)10-18(23)25/h4-11H,12H2,1-3H3,(H,26,30). The monoisotopic (exact) mass is 558 g/mol. The Kier molecular flexibility index (Phi) is 6.48. The first-order chi connectivity index (χ1) is 15.3. The largest absolute Gasteiger partial charge is 0.497 e. The quantitative estimate of drug-likeness (QED) is 0.333. The highest BCUT2D eigenvalue weighted by Crippen LogP contribution is 2.32. The van der Waals surface area contributed by atoms with E-state index in [4.69, 9.17) is 9.47 Å². The van der Waals surface area contributed by atoms with Crippen LogP contribution in [0.25, 0.3) is 16.7 Å². The number of rotatable bonds is 6. The molecule has 0 atom stereocenters. The summed E-state index contributed by atoms with van der Waals surface area (Å²) in [6.45, 7) is 3.72. The number of nitrogens with zero attached hydrogens (tertiary/aromatic N) is 3. The van der Waals surface area contributed by atoms with Gasteiger partial charge in [0.1, 0.15) is 22.5 Å². The molecular formula is C23H20Br2N4O3. The third-order valence-electron chi connectivity index (χ3n) is 4.85. The Labute approximate surface area is 202 Å². The Morgan fingerprint density at radius 3 is 2.34 bits per heavy atom. The second-order valence-electron chi connectivity index (χ2n) is 7.21. The summed E-state index contributed by atoms with van der Waals surface area (Å²) >= 11 is 6.91. The lowest BCUT2D eigenvalue weighted by Crippen LogP contribution is -2.21. The van der Waals surface area contributed by atoms with E-state index < -0.39 is 0 Å². The lowest BCUT2D eigenvalue weighted by Gasteiger charge is -2.12. The lowest BCUT2D eigenvalue weighted by atomic mass is 10.1. The number of nitrogens with one attached hydrogen (secondary N) is 1. The number of aryl methyl sites for hydroxylation is 2. The van der Waals surface area contributed by atoms with Crippen molar-refractivity contribution in [3.05, 3.63) is 68.6 Å². The second kappa shape index (κ2) is 9.30. The van der Waals surface area contributed by atoms with Gasteiger partial charge in [-0.25, -0.2) is 0 Å². The van der Waals surface area contributed by atoms with Crippen LogP contribution in [0.3, 0.4) is 0 Å². The van der Waals surface area contributed by atoms with Gasteiger partial charge in [-0.2, -0.15) is 4.80 Å². The number of hydrogen-bond acceptors (Lipinski definition) is 5.